The minimum absolute atomic E-state index is 0. The van der Waals surface area contributed by atoms with Crippen molar-refractivity contribution in [3.8, 4) is 0 Å². The minimum Gasteiger partial charge on any atom is -0.465 e. The molecule has 31 nitrogen and oxygen atoms in total. The van der Waals surface area contributed by atoms with Crippen LogP contribution in [-0.2, 0) is 89.2 Å². The lowest BCUT2D eigenvalue weighted by molar-refractivity contribution is -0.167. The van der Waals surface area contributed by atoms with Gasteiger partial charge in [-0.1, -0.05) is 81.4 Å². The second-order valence-electron chi connectivity index (χ2n) is 25.6. The summed E-state index contributed by atoms with van der Waals surface area (Å²) in [5, 5.41) is 149. The fourth-order valence-electron chi connectivity index (χ4n) is 8.44. The van der Waals surface area contributed by atoms with E-state index in [9.17, 15) is 91.0 Å². The van der Waals surface area contributed by atoms with Crippen LogP contribution in [0.25, 0.3) is 0 Å². The Morgan fingerprint density at radius 1 is 0.255 bits per heavy atom. The monoisotopic (exact) mass is 1420 g/mol. The molecule has 0 spiro atoms. The number of aliphatic hydroxyl groups excluding tert-OH is 15. The number of carbonyl (C=O) groups excluding carboxylic acids is 3. The summed E-state index contributed by atoms with van der Waals surface area (Å²) in [4.78, 5) is 35.7. The highest BCUT2D eigenvalue weighted by Crippen LogP contribution is 2.30. The van der Waals surface area contributed by atoms with Crippen LogP contribution in [0.3, 0.4) is 0 Å². The van der Waals surface area contributed by atoms with Gasteiger partial charge in [0.15, 0.2) is 0 Å². The number of esters is 3. The molecule has 31 heteroatoms. The number of hydrogen-bond acceptors (Lipinski definition) is 31. The Hall–Kier alpha value is -4.15. The van der Waals surface area contributed by atoms with Gasteiger partial charge >= 0.3 is 19.3 Å². The van der Waals surface area contributed by atoms with Gasteiger partial charge in [0.25, 0.3) is 0 Å². The van der Waals surface area contributed by atoms with Gasteiger partial charge in [-0.25, -0.2) is 0 Å². The SMILES string of the molecule is CCC(=O)OCC(CO)(CO)COCC(COCCOCc1ccccc1)(COCC(CO)(CO)COC(=O)CC)COCC(CO)(CO)COC(=O)CC.OCC(CO)(CO)COCC(COCCOCc1ccccc1)(COCC(CO)(CO)CO)COCC(CO)(CO)CO.[H+]. The fraction of sp³-hybridized carbons (Fsp3) is 0.776. The maximum absolute atomic E-state index is 11.9. The number of ether oxygens (including phenoxy) is 13. The first-order valence-electron chi connectivity index (χ1n) is 32.6. The van der Waals surface area contributed by atoms with Crippen LogP contribution in [0.2, 0.25) is 0 Å². The zero-order valence-electron chi connectivity index (χ0n) is 58.5. The predicted molar refractivity (Wildman–Crippen MR) is 349 cm³/mol. The quantitative estimate of drug-likeness (QED) is 0.0182. The van der Waals surface area contributed by atoms with Gasteiger partial charge in [-0.2, -0.15) is 0 Å². The van der Waals surface area contributed by atoms with Gasteiger partial charge in [-0.3, -0.25) is 14.4 Å². The van der Waals surface area contributed by atoms with Crippen molar-refractivity contribution in [1.29, 1.82) is 0 Å². The molecule has 0 fully saturated rings. The summed E-state index contributed by atoms with van der Waals surface area (Å²) in [5.74, 6) is -1.61. The van der Waals surface area contributed by atoms with E-state index in [0.29, 0.717) is 13.2 Å². The van der Waals surface area contributed by atoms with Gasteiger partial charge in [0, 0.05) is 19.3 Å². The lowest BCUT2D eigenvalue weighted by atomic mass is 9.89. The first-order valence-corrected chi connectivity index (χ1v) is 32.6. The van der Waals surface area contributed by atoms with Gasteiger partial charge < -0.3 is 138 Å². The van der Waals surface area contributed by atoms with E-state index in [1.165, 1.54) is 0 Å². The van der Waals surface area contributed by atoms with E-state index in [2.05, 4.69) is 0 Å². The minimum atomic E-state index is -1.37. The molecule has 0 radical (unpaired) electrons. The molecule has 15 N–H and O–H groups in total. The molecule has 0 aromatic heterocycles. The van der Waals surface area contributed by atoms with Crippen LogP contribution in [0.4, 0.5) is 0 Å². The van der Waals surface area contributed by atoms with E-state index in [1.807, 2.05) is 60.7 Å². The Morgan fingerprint density at radius 3 is 0.643 bits per heavy atom. The van der Waals surface area contributed by atoms with E-state index in [4.69, 9.17) is 61.6 Å². The lowest BCUT2D eigenvalue weighted by Gasteiger charge is -2.38. The topological polar surface area (TPSA) is 475 Å². The Morgan fingerprint density at radius 2 is 0.439 bits per heavy atom. The van der Waals surface area contributed by atoms with Gasteiger partial charge in [0.05, 0.1) is 275 Å². The molecule has 0 unspecified atom stereocenters. The number of benzene rings is 2. The summed E-state index contributed by atoms with van der Waals surface area (Å²) >= 11 is 0. The second-order valence-corrected chi connectivity index (χ2v) is 25.6. The smallest absolute Gasteiger partial charge is 0.465 e. The van der Waals surface area contributed by atoms with Gasteiger partial charge in [-0.15, -0.1) is 0 Å². The van der Waals surface area contributed by atoms with E-state index >= 15 is 0 Å². The molecule has 0 saturated carbocycles. The molecule has 2 aromatic rings. The maximum atomic E-state index is 11.9. The average Bonchev–Trinajstić information content (AvgIpc) is 0.882. The van der Waals surface area contributed by atoms with Crippen molar-refractivity contribution in [3.05, 3.63) is 71.8 Å². The van der Waals surface area contributed by atoms with Crippen LogP contribution in [0.5, 0.6) is 0 Å². The van der Waals surface area contributed by atoms with Crippen molar-refractivity contribution >= 4 is 17.9 Å². The molecule has 0 aliphatic carbocycles. The van der Waals surface area contributed by atoms with Crippen molar-refractivity contribution in [2.45, 2.75) is 53.2 Å². The van der Waals surface area contributed by atoms with Crippen molar-refractivity contribution in [2.75, 3.05) is 238 Å². The third kappa shape index (κ3) is 34.2. The van der Waals surface area contributed by atoms with Crippen LogP contribution >= 0.6 is 0 Å². The Bertz CT molecular complexity index is 2090. The molecule has 0 aliphatic rings. The first kappa shape index (κ1) is 91.9. The lowest BCUT2D eigenvalue weighted by Crippen LogP contribution is -2.48. The highest BCUT2D eigenvalue weighted by molar-refractivity contribution is 5.69. The van der Waals surface area contributed by atoms with Gasteiger partial charge in [0.2, 0.25) is 0 Å². The summed E-state index contributed by atoms with van der Waals surface area (Å²) in [7, 11) is 0. The molecule has 0 aliphatic heterocycles. The van der Waals surface area contributed by atoms with Crippen LogP contribution < -0.4 is 0 Å². The average molecular weight is 1420 g/mol. The zero-order chi connectivity index (χ0) is 73.1. The molecule has 570 valence electrons. The van der Waals surface area contributed by atoms with Crippen LogP contribution in [-0.4, -0.2) is 332 Å². The van der Waals surface area contributed by atoms with Crippen molar-refractivity contribution in [2.24, 2.45) is 43.3 Å². The largest absolute Gasteiger partial charge is 1.00 e. The number of hydrogen-bond donors (Lipinski definition) is 15. The molecular formula is C67H117O31+. The zero-order valence-corrected chi connectivity index (χ0v) is 57.5. The first-order chi connectivity index (χ1) is 47.2. The molecule has 2 aromatic carbocycles. The van der Waals surface area contributed by atoms with Gasteiger partial charge in [0.1, 0.15) is 19.8 Å². The van der Waals surface area contributed by atoms with Crippen LogP contribution in [0, 0.1) is 43.3 Å². The Labute approximate surface area is 576 Å². The number of aliphatic hydroxyl groups is 15. The second kappa shape index (κ2) is 51.9. The molecule has 0 saturated heterocycles. The fourth-order valence-corrected chi connectivity index (χ4v) is 8.44. The van der Waals surface area contributed by atoms with Crippen molar-refractivity contribution in [1.82, 2.24) is 0 Å². The maximum Gasteiger partial charge on any atom is 1.00 e. The van der Waals surface area contributed by atoms with Crippen LogP contribution in [0.1, 0.15) is 52.6 Å². The van der Waals surface area contributed by atoms with Gasteiger partial charge in [-0.05, 0) is 11.1 Å². The molecule has 98 heavy (non-hydrogen) atoms. The number of carbonyl (C=O) groups is 3. The summed E-state index contributed by atoms with van der Waals surface area (Å²) in [5.41, 5.74) is -8.47. The van der Waals surface area contributed by atoms with E-state index in [1.54, 1.807) is 20.8 Å². The molecule has 0 bridgehead atoms. The summed E-state index contributed by atoms with van der Waals surface area (Å²) in [6, 6.07) is 19.1. The molecule has 2 rings (SSSR count). The normalized spacial score (nSPS) is 12.8. The number of rotatable bonds is 62. The highest BCUT2D eigenvalue weighted by Gasteiger charge is 2.42. The van der Waals surface area contributed by atoms with Crippen LogP contribution in [0.15, 0.2) is 60.7 Å². The highest BCUT2D eigenvalue weighted by atomic mass is 16.6. The molecular weight excluding hydrogens is 1300 g/mol. The summed E-state index contributed by atoms with van der Waals surface area (Å²) in [6.07, 6.45) is 0.249. The van der Waals surface area contributed by atoms with Crippen molar-refractivity contribution < 1.29 is 154 Å². The molecule has 0 heterocycles. The van der Waals surface area contributed by atoms with Crippen molar-refractivity contribution in [3.63, 3.8) is 0 Å². The standard InChI is InChI=1S/C38H64O17.C29H52O14/c1-4-32(45)53-28-35(15-39,16-40)21-50-25-38(24-49-13-12-48-14-31-10-8-7-9-11-31,26-51-22-36(17-41,18-42)29-54-33(46)5-2)27-52-23-37(19-43,20-44)30-55-34(47)6-3;30-9-26(10-31,11-32)18-41-22-29(23-42-19-27(12-33,13-34)14-35,24-43-20-28(15-36,16-37)17-38)21-40-7-6-39-8-25-4-2-1-3-5-25/h7-11,39-44H,4-6,12-30H2,1-3H3;1-5,30-38H,6-24H2/p+1. The van der Waals surface area contributed by atoms with E-state index < -0.39 is 160 Å². The van der Waals surface area contributed by atoms with E-state index in [-0.39, 0.29) is 159 Å². The summed E-state index contributed by atoms with van der Waals surface area (Å²) < 4.78 is 74.8. The Kier molecular flexibility index (Phi) is 48.7. The van der Waals surface area contributed by atoms with E-state index in [0.717, 1.165) is 11.1 Å². The third-order valence-electron chi connectivity index (χ3n) is 16.2. The molecule has 0 amide bonds. The predicted octanol–water partition coefficient (Wildman–Crippen LogP) is -2.71. The third-order valence-corrected chi connectivity index (χ3v) is 16.2. The Balaban J connectivity index is 0.00000198. The summed E-state index contributed by atoms with van der Waals surface area (Å²) in [6.45, 7) is -5.98. The molecule has 0 atom stereocenters.